The first-order chi connectivity index (χ1) is 9.18. The molecule has 1 amide bonds. The summed E-state index contributed by atoms with van der Waals surface area (Å²) in [6.45, 7) is 2.04. The van der Waals surface area contributed by atoms with Gasteiger partial charge in [0.1, 0.15) is 0 Å². The average molecular weight is 251 g/mol. The number of benzene rings is 1. The van der Waals surface area contributed by atoms with E-state index in [1.807, 2.05) is 31.3 Å². The number of primary amides is 1. The first kappa shape index (κ1) is 11.5. The molecule has 0 atom stereocenters. The van der Waals surface area contributed by atoms with Gasteiger partial charge in [0.2, 0.25) is 0 Å². The number of rotatable bonds is 2. The van der Waals surface area contributed by atoms with Crippen molar-refractivity contribution in [2.45, 2.75) is 6.92 Å². The third kappa shape index (κ3) is 1.78. The highest BCUT2D eigenvalue weighted by atomic mass is 16.1. The van der Waals surface area contributed by atoms with Crippen LogP contribution in [0.2, 0.25) is 0 Å². The molecule has 94 valence electrons. The van der Waals surface area contributed by atoms with Crippen LogP contribution in [0.5, 0.6) is 0 Å². The Hall–Kier alpha value is -2.62. The number of carbonyl (C=O) groups is 1. The normalized spacial score (nSPS) is 10.8. The second kappa shape index (κ2) is 4.24. The van der Waals surface area contributed by atoms with Crippen LogP contribution in [0.1, 0.15) is 15.9 Å². The molecule has 0 bridgehead atoms. The minimum Gasteiger partial charge on any atom is -0.366 e. The lowest BCUT2D eigenvalue weighted by Gasteiger charge is -2.04. The van der Waals surface area contributed by atoms with Gasteiger partial charge in [0.05, 0.1) is 11.3 Å². The van der Waals surface area contributed by atoms with E-state index in [2.05, 4.69) is 9.97 Å². The number of nitrogens with zero attached hydrogens (tertiary/aromatic N) is 1. The summed E-state index contributed by atoms with van der Waals surface area (Å²) in [6.07, 6.45) is 3.53. The van der Waals surface area contributed by atoms with Crippen molar-refractivity contribution >= 4 is 16.8 Å². The summed E-state index contributed by atoms with van der Waals surface area (Å²) in [5.74, 6) is -0.467. The van der Waals surface area contributed by atoms with Gasteiger partial charge in [-0.2, -0.15) is 0 Å². The van der Waals surface area contributed by atoms with Crippen molar-refractivity contribution in [2.75, 3.05) is 0 Å². The maximum absolute atomic E-state index is 11.5. The largest absolute Gasteiger partial charge is 0.366 e. The smallest absolute Gasteiger partial charge is 0.250 e. The van der Waals surface area contributed by atoms with Crippen LogP contribution in [0.25, 0.3) is 22.2 Å². The molecular formula is C15H13N3O. The van der Waals surface area contributed by atoms with Crippen molar-refractivity contribution < 1.29 is 4.79 Å². The Morgan fingerprint density at radius 1 is 1.26 bits per heavy atom. The van der Waals surface area contributed by atoms with Crippen LogP contribution < -0.4 is 5.73 Å². The second-order valence-corrected chi connectivity index (χ2v) is 4.46. The molecule has 0 unspecified atom stereocenters. The first-order valence-corrected chi connectivity index (χ1v) is 6.00. The van der Waals surface area contributed by atoms with Crippen molar-refractivity contribution in [3.8, 4) is 11.3 Å². The Balaban J connectivity index is 2.32. The third-order valence-corrected chi connectivity index (χ3v) is 3.25. The molecule has 0 aliphatic carbocycles. The predicted octanol–water partition coefficient (Wildman–Crippen LogP) is 2.64. The quantitative estimate of drug-likeness (QED) is 0.735. The second-order valence-electron chi connectivity index (χ2n) is 4.46. The van der Waals surface area contributed by atoms with E-state index >= 15 is 0 Å². The molecule has 4 heteroatoms. The van der Waals surface area contributed by atoms with Crippen LogP contribution in [0.15, 0.2) is 42.7 Å². The molecular weight excluding hydrogens is 238 g/mol. The summed E-state index contributed by atoms with van der Waals surface area (Å²) >= 11 is 0. The Morgan fingerprint density at radius 3 is 2.89 bits per heavy atom. The molecule has 0 aliphatic rings. The van der Waals surface area contributed by atoms with Gasteiger partial charge < -0.3 is 10.7 Å². The molecule has 0 aliphatic heterocycles. The van der Waals surface area contributed by atoms with Gasteiger partial charge in [0.25, 0.3) is 5.91 Å². The van der Waals surface area contributed by atoms with E-state index in [-0.39, 0.29) is 0 Å². The van der Waals surface area contributed by atoms with E-state index in [4.69, 9.17) is 5.73 Å². The topological polar surface area (TPSA) is 71.8 Å². The Labute approximate surface area is 110 Å². The number of aryl methyl sites for hydroxylation is 1. The average Bonchev–Trinajstić information content (AvgIpc) is 2.84. The van der Waals surface area contributed by atoms with E-state index in [0.29, 0.717) is 11.3 Å². The Morgan fingerprint density at radius 2 is 2.11 bits per heavy atom. The van der Waals surface area contributed by atoms with Crippen molar-refractivity contribution in [3.63, 3.8) is 0 Å². The van der Waals surface area contributed by atoms with Crippen molar-refractivity contribution in [1.29, 1.82) is 0 Å². The fraction of sp³-hybridized carbons (Fsp3) is 0.0667. The molecule has 0 spiro atoms. The lowest BCUT2D eigenvalue weighted by atomic mass is 10.0. The minimum absolute atomic E-state index is 0.435. The monoisotopic (exact) mass is 251 g/mol. The van der Waals surface area contributed by atoms with Crippen molar-refractivity contribution in [3.05, 3.63) is 53.9 Å². The number of carbonyl (C=O) groups excluding carboxylic acids is 1. The molecule has 3 aromatic rings. The fourth-order valence-corrected chi connectivity index (χ4v) is 2.32. The number of nitrogens with one attached hydrogen (secondary N) is 1. The zero-order valence-electron chi connectivity index (χ0n) is 10.5. The van der Waals surface area contributed by atoms with Gasteiger partial charge in [-0.15, -0.1) is 0 Å². The van der Waals surface area contributed by atoms with Gasteiger partial charge in [-0.1, -0.05) is 18.2 Å². The number of fused-ring (bicyclic) bond motifs is 1. The van der Waals surface area contributed by atoms with Crippen LogP contribution in [-0.4, -0.2) is 15.9 Å². The molecule has 19 heavy (non-hydrogen) atoms. The van der Waals surface area contributed by atoms with E-state index < -0.39 is 5.91 Å². The summed E-state index contributed by atoms with van der Waals surface area (Å²) < 4.78 is 0. The van der Waals surface area contributed by atoms with Gasteiger partial charge in [-0.05, 0) is 24.6 Å². The summed E-state index contributed by atoms with van der Waals surface area (Å²) in [5, 5.41) is 1.04. The number of hydrogen-bond donors (Lipinski definition) is 2. The number of aromatic amines is 1. The Kier molecular flexibility index (Phi) is 2.56. The molecule has 2 aromatic heterocycles. The molecule has 0 radical (unpaired) electrons. The first-order valence-electron chi connectivity index (χ1n) is 6.00. The van der Waals surface area contributed by atoms with Gasteiger partial charge in [0.15, 0.2) is 0 Å². The third-order valence-electron chi connectivity index (χ3n) is 3.25. The van der Waals surface area contributed by atoms with Crippen molar-refractivity contribution in [1.82, 2.24) is 9.97 Å². The van der Waals surface area contributed by atoms with Crippen LogP contribution in [0, 0.1) is 6.92 Å². The lowest BCUT2D eigenvalue weighted by Crippen LogP contribution is -2.12. The predicted molar refractivity (Wildman–Crippen MR) is 74.8 cm³/mol. The molecule has 2 heterocycles. The summed E-state index contributed by atoms with van der Waals surface area (Å²) in [5.41, 5.74) is 9.56. The standard InChI is InChI=1S/C15H13N3O/c1-9-4-2-5-10-12(8-18-13(9)10)14-11(15(16)19)6-3-7-17-14/h2-8,18H,1H3,(H2,16,19). The summed E-state index contributed by atoms with van der Waals surface area (Å²) in [4.78, 5) is 19.0. The number of nitrogens with two attached hydrogens (primary N) is 1. The highest BCUT2D eigenvalue weighted by Gasteiger charge is 2.14. The van der Waals surface area contributed by atoms with Gasteiger partial charge in [-0.3, -0.25) is 9.78 Å². The molecule has 0 fully saturated rings. The molecule has 3 N–H and O–H groups in total. The lowest BCUT2D eigenvalue weighted by molar-refractivity contribution is 0.100. The minimum atomic E-state index is -0.467. The molecule has 1 aromatic carbocycles. The zero-order valence-corrected chi connectivity index (χ0v) is 10.5. The fourth-order valence-electron chi connectivity index (χ4n) is 2.32. The van der Waals surface area contributed by atoms with Gasteiger partial charge in [0, 0.05) is 28.9 Å². The van der Waals surface area contributed by atoms with E-state index in [1.54, 1.807) is 18.3 Å². The van der Waals surface area contributed by atoms with Gasteiger partial charge in [-0.25, -0.2) is 0 Å². The number of aromatic nitrogens is 2. The summed E-state index contributed by atoms with van der Waals surface area (Å²) in [6, 6.07) is 9.44. The number of hydrogen-bond acceptors (Lipinski definition) is 2. The van der Waals surface area contributed by atoms with Crippen molar-refractivity contribution in [2.24, 2.45) is 5.73 Å². The SMILES string of the molecule is Cc1cccc2c(-c3ncccc3C(N)=O)c[nH]c12. The highest BCUT2D eigenvalue weighted by molar-refractivity contribution is 6.04. The molecule has 0 saturated heterocycles. The molecule has 4 nitrogen and oxygen atoms in total. The van der Waals surface area contributed by atoms with E-state index in [0.717, 1.165) is 22.0 Å². The van der Waals surface area contributed by atoms with E-state index in [1.165, 1.54) is 0 Å². The number of pyridine rings is 1. The Bertz CT molecular complexity index is 774. The summed E-state index contributed by atoms with van der Waals surface area (Å²) in [7, 11) is 0. The van der Waals surface area contributed by atoms with Crippen LogP contribution >= 0.6 is 0 Å². The molecule has 3 rings (SSSR count). The van der Waals surface area contributed by atoms with Crippen LogP contribution in [0.3, 0.4) is 0 Å². The highest BCUT2D eigenvalue weighted by Crippen LogP contribution is 2.30. The maximum Gasteiger partial charge on any atom is 0.250 e. The van der Waals surface area contributed by atoms with E-state index in [9.17, 15) is 4.79 Å². The molecule has 0 saturated carbocycles. The van der Waals surface area contributed by atoms with Crippen LogP contribution in [0.4, 0.5) is 0 Å². The number of para-hydroxylation sites is 1. The zero-order chi connectivity index (χ0) is 13.4. The van der Waals surface area contributed by atoms with Crippen LogP contribution in [-0.2, 0) is 0 Å². The number of H-pyrrole nitrogens is 1. The van der Waals surface area contributed by atoms with Gasteiger partial charge >= 0.3 is 0 Å². The number of amides is 1. The maximum atomic E-state index is 11.5.